The molecule has 0 aromatic carbocycles. The number of carbonyl (C=O) groups is 2. The Bertz CT molecular complexity index is 1020. The smallest absolute Gasteiger partial charge is 0.302 e. The summed E-state index contributed by atoms with van der Waals surface area (Å²) >= 11 is 0. The van der Waals surface area contributed by atoms with Gasteiger partial charge in [0.15, 0.2) is 0 Å². The van der Waals surface area contributed by atoms with E-state index >= 15 is 4.57 Å². The molecule has 0 aromatic rings. The third kappa shape index (κ3) is 7.34. The molecule has 242 valence electrons. The second kappa shape index (κ2) is 12.6. The third-order valence-electron chi connectivity index (χ3n) is 10.1. The van der Waals surface area contributed by atoms with Crippen molar-refractivity contribution in [1.29, 1.82) is 0 Å². The maximum Gasteiger partial charge on any atom is 0.302 e. The van der Waals surface area contributed by atoms with Crippen LogP contribution >= 0.6 is 7.44 Å². The van der Waals surface area contributed by atoms with Crippen molar-refractivity contribution in [3.63, 3.8) is 0 Å². The van der Waals surface area contributed by atoms with Crippen LogP contribution in [0.3, 0.4) is 0 Å². The number of likely N-dealkylation sites (tertiary alicyclic amines) is 2. The van der Waals surface area contributed by atoms with Gasteiger partial charge in [-0.25, -0.2) is 9.34 Å². The highest BCUT2D eigenvalue weighted by Crippen LogP contribution is 2.64. The molecule has 2 atom stereocenters. The molecule has 3 saturated heterocycles. The second-order valence-corrected chi connectivity index (χ2v) is 17.8. The number of esters is 2. The van der Waals surface area contributed by atoms with Gasteiger partial charge in [-0.3, -0.25) is 24.0 Å². The highest BCUT2D eigenvalue weighted by Gasteiger charge is 2.55. The van der Waals surface area contributed by atoms with E-state index in [9.17, 15) is 9.59 Å². The van der Waals surface area contributed by atoms with Gasteiger partial charge in [0, 0.05) is 73.8 Å². The van der Waals surface area contributed by atoms with Gasteiger partial charge in [0.1, 0.15) is 13.2 Å². The average Bonchev–Trinajstić information content (AvgIpc) is 2.81. The number of piperidine rings is 2. The summed E-state index contributed by atoms with van der Waals surface area (Å²) in [5.74, 6) is 1.26. The standard InChI is InChI=1S/C32H59N4O5P/c1-13-42(39)33(27-20-29(5,6)34(30(7,8)21-27)16-18-40-25(3)37)15-14-24(2)36(42)28-22-31(9,10)35(32(11,12)23-28)17-19-41-26(4)38/h13,24,27-28H,1,14-23H2,2-12H3. The fraction of sp³-hybridized carbons (Fsp3) is 0.875. The summed E-state index contributed by atoms with van der Waals surface area (Å²) in [7, 11) is -3.09. The Labute approximate surface area is 255 Å². The van der Waals surface area contributed by atoms with E-state index in [1.165, 1.54) is 13.8 Å². The summed E-state index contributed by atoms with van der Waals surface area (Å²) < 4.78 is 30.7. The molecule has 10 heteroatoms. The highest BCUT2D eigenvalue weighted by molar-refractivity contribution is 7.62. The van der Waals surface area contributed by atoms with Gasteiger partial charge in [-0.05, 0) is 100 Å². The van der Waals surface area contributed by atoms with E-state index in [2.05, 4.69) is 88.0 Å². The minimum Gasteiger partial charge on any atom is -0.465 e. The lowest BCUT2D eigenvalue weighted by Gasteiger charge is -2.62. The molecule has 0 aromatic heterocycles. The normalized spacial score (nSPS) is 31.0. The van der Waals surface area contributed by atoms with Crippen molar-refractivity contribution in [1.82, 2.24) is 19.1 Å². The van der Waals surface area contributed by atoms with E-state index in [-0.39, 0.29) is 52.2 Å². The van der Waals surface area contributed by atoms with Crippen LogP contribution in [0.25, 0.3) is 0 Å². The van der Waals surface area contributed by atoms with Crippen LogP contribution in [-0.4, -0.2) is 104 Å². The SMILES string of the molecule is C=CP1(=O)N(C2CC(C)(C)N(CCOC(C)=O)C(C)(C)C2)CCC(C)N1C1CC(C)(C)N(CCOC(C)=O)C(C)(C)C1. The van der Waals surface area contributed by atoms with Gasteiger partial charge in [0.25, 0.3) is 0 Å². The molecular weight excluding hydrogens is 551 g/mol. The molecule has 3 rings (SSSR count). The molecule has 3 aliphatic rings. The minimum absolute atomic E-state index is 0.131. The molecular formula is C32H59N4O5P. The van der Waals surface area contributed by atoms with E-state index in [4.69, 9.17) is 9.47 Å². The maximum atomic E-state index is 15.4. The first-order chi connectivity index (χ1) is 19.2. The van der Waals surface area contributed by atoms with Crippen LogP contribution in [0.4, 0.5) is 0 Å². The van der Waals surface area contributed by atoms with Gasteiger partial charge < -0.3 is 9.47 Å². The van der Waals surface area contributed by atoms with Crippen LogP contribution in [-0.2, 0) is 23.6 Å². The summed E-state index contributed by atoms with van der Waals surface area (Å²) in [6.07, 6.45) is 4.46. The number of rotatable bonds is 9. The zero-order valence-electron chi connectivity index (χ0n) is 28.4. The first kappa shape index (κ1) is 35.2. The lowest BCUT2D eigenvalue weighted by atomic mass is 9.76. The Balaban J connectivity index is 1.88. The molecule has 2 unspecified atom stereocenters. The monoisotopic (exact) mass is 610 g/mol. The molecule has 0 amide bonds. The van der Waals surface area contributed by atoms with E-state index < -0.39 is 7.44 Å². The fourth-order valence-electron chi connectivity index (χ4n) is 8.92. The van der Waals surface area contributed by atoms with Gasteiger partial charge in [0.05, 0.1) is 0 Å². The molecule has 3 heterocycles. The Morgan fingerprint density at radius 2 is 1.17 bits per heavy atom. The second-order valence-electron chi connectivity index (χ2n) is 15.3. The Morgan fingerprint density at radius 1 is 0.786 bits per heavy atom. The Hall–Kier alpha value is -1.25. The quantitative estimate of drug-likeness (QED) is 0.235. The Morgan fingerprint density at radius 3 is 1.52 bits per heavy atom. The molecule has 42 heavy (non-hydrogen) atoms. The first-order valence-electron chi connectivity index (χ1n) is 15.8. The van der Waals surface area contributed by atoms with Gasteiger partial charge in [-0.2, -0.15) is 0 Å². The van der Waals surface area contributed by atoms with Crippen LogP contribution in [0, 0.1) is 0 Å². The summed E-state index contributed by atoms with van der Waals surface area (Å²) in [6, 6.07) is 0.453. The molecule has 3 fully saturated rings. The van der Waals surface area contributed by atoms with Crippen molar-refractivity contribution in [2.24, 2.45) is 0 Å². The van der Waals surface area contributed by atoms with Crippen LogP contribution < -0.4 is 0 Å². The lowest BCUT2D eigenvalue weighted by molar-refractivity contribution is -0.144. The van der Waals surface area contributed by atoms with Crippen molar-refractivity contribution in [3.05, 3.63) is 12.4 Å². The van der Waals surface area contributed by atoms with E-state index in [1.807, 2.05) is 0 Å². The zero-order valence-corrected chi connectivity index (χ0v) is 29.3. The molecule has 9 nitrogen and oxygen atoms in total. The maximum absolute atomic E-state index is 15.4. The van der Waals surface area contributed by atoms with Gasteiger partial charge in [-0.15, -0.1) is 0 Å². The first-order valence-corrected chi connectivity index (χ1v) is 17.5. The highest BCUT2D eigenvalue weighted by atomic mass is 31.2. The van der Waals surface area contributed by atoms with Crippen LogP contribution in [0.2, 0.25) is 0 Å². The zero-order chi connectivity index (χ0) is 31.9. The summed E-state index contributed by atoms with van der Waals surface area (Å²) in [5.41, 5.74) is -0.664. The molecule has 0 aliphatic carbocycles. The molecule has 0 saturated carbocycles. The largest absolute Gasteiger partial charge is 0.465 e. The van der Waals surface area contributed by atoms with Crippen molar-refractivity contribution in [3.8, 4) is 0 Å². The van der Waals surface area contributed by atoms with E-state index in [0.717, 1.165) is 38.6 Å². The Kier molecular flexibility index (Phi) is 10.6. The van der Waals surface area contributed by atoms with Crippen LogP contribution in [0.5, 0.6) is 0 Å². The van der Waals surface area contributed by atoms with Gasteiger partial charge >= 0.3 is 11.9 Å². The number of hydrogen-bond acceptors (Lipinski definition) is 7. The molecule has 0 bridgehead atoms. The van der Waals surface area contributed by atoms with Crippen LogP contribution in [0.1, 0.15) is 108 Å². The number of nitrogens with zero attached hydrogens (tertiary/aromatic N) is 4. The predicted molar refractivity (Wildman–Crippen MR) is 169 cm³/mol. The van der Waals surface area contributed by atoms with Gasteiger partial charge in [0.2, 0.25) is 7.44 Å². The van der Waals surface area contributed by atoms with Crippen molar-refractivity contribution >= 4 is 19.4 Å². The number of carbonyl (C=O) groups excluding carboxylic acids is 2. The van der Waals surface area contributed by atoms with E-state index in [1.54, 1.807) is 5.82 Å². The van der Waals surface area contributed by atoms with Crippen molar-refractivity contribution < 1.29 is 23.6 Å². The lowest BCUT2D eigenvalue weighted by Crippen LogP contribution is -2.67. The number of hydrogen-bond donors (Lipinski definition) is 0. The van der Waals surface area contributed by atoms with Crippen molar-refractivity contribution in [2.45, 2.75) is 149 Å². The number of ether oxygens (including phenoxy) is 2. The fourth-order valence-corrected chi connectivity index (χ4v) is 11.9. The van der Waals surface area contributed by atoms with Crippen LogP contribution in [0.15, 0.2) is 12.4 Å². The third-order valence-corrected chi connectivity index (χ3v) is 13.2. The van der Waals surface area contributed by atoms with E-state index in [0.29, 0.717) is 26.3 Å². The van der Waals surface area contributed by atoms with Crippen molar-refractivity contribution in [2.75, 3.05) is 32.8 Å². The molecule has 0 spiro atoms. The molecule has 3 aliphatic heterocycles. The topological polar surface area (TPSA) is 82.6 Å². The predicted octanol–water partition coefficient (Wildman–Crippen LogP) is 5.89. The molecule has 0 N–H and O–H groups in total. The minimum atomic E-state index is -3.09. The molecule has 0 radical (unpaired) electrons. The summed E-state index contributed by atoms with van der Waals surface area (Å²) in [4.78, 5) is 27.8. The summed E-state index contributed by atoms with van der Waals surface area (Å²) in [6.45, 7) is 30.3. The van der Waals surface area contributed by atoms with Gasteiger partial charge in [-0.1, -0.05) is 6.58 Å². The average molecular weight is 611 g/mol. The summed E-state index contributed by atoms with van der Waals surface area (Å²) in [5, 5.41) is 0.